The number of halogens is 1. The molecule has 4 atom stereocenters. The van der Waals surface area contributed by atoms with E-state index in [9.17, 15) is 0 Å². The van der Waals surface area contributed by atoms with Crippen LogP contribution >= 0.6 is 22.6 Å². The standard InChI is InChI=1S/C16H24IN3O/c1-10(2)16-18-14(17)9-20(16)15-12-7-11(8-13(12)15)19-3-5-21-6-4-19/h9-13,15H,3-8H2,1-2H3/t11?,12-,13+,15-. The Bertz CT molecular complexity index is 512. The average Bonchev–Trinajstić information content (AvgIpc) is 2.86. The van der Waals surface area contributed by atoms with E-state index in [1.165, 1.54) is 18.7 Å². The molecule has 116 valence electrons. The van der Waals surface area contributed by atoms with E-state index < -0.39 is 0 Å². The van der Waals surface area contributed by atoms with E-state index >= 15 is 0 Å². The van der Waals surface area contributed by atoms with Crippen molar-refractivity contribution in [2.24, 2.45) is 11.8 Å². The van der Waals surface area contributed by atoms with Gasteiger partial charge >= 0.3 is 0 Å². The molecule has 2 aliphatic carbocycles. The summed E-state index contributed by atoms with van der Waals surface area (Å²) in [6, 6.07) is 1.54. The number of ether oxygens (including phenoxy) is 1. The van der Waals surface area contributed by atoms with Gasteiger partial charge in [0, 0.05) is 37.3 Å². The van der Waals surface area contributed by atoms with Crippen LogP contribution in [0.4, 0.5) is 0 Å². The van der Waals surface area contributed by atoms with Crippen molar-refractivity contribution in [3.8, 4) is 0 Å². The Morgan fingerprint density at radius 3 is 2.52 bits per heavy atom. The van der Waals surface area contributed by atoms with Crippen LogP contribution < -0.4 is 0 Å². The molecule has 1 aromatic rings. The second-order valence-corrected chi connectivity index (χ2v) is 8.18. The number of morpholine rings is 1. The van der Waals surface area contributed by atoms with Crippen molar-refractivity contribution in [1.29, 1.82) is 0 Å². The summed E-state index contributed by atoms with van der Waals surface area (Å²) in [4.78, 5) is 7.39. The Labute approximate surface area is 140 Å². The van der Waals surface area contributed by atoms with Gasteiger partial charge in [-0.1, -0.05) is 13.8 Å². The van der Waals surface area contributed by atoms with Crippen molar-refractivity contribution in [1.82, 2.24) is 14.5 Å². The number of nitrogens with zero attached hydrogens (tertiary/aromatic N) is 3. The molecule has 0 spiro atoms. The van der Waals surface area contributed by atoms with Gasteiger partial charge in [0.1, 0.15) is 9.53 Å². The smallest absolute Gasteiger partial charge is 0.119 e. The number of fused-ring (bicyclic) bond motifs is 1. The summed E-state index contributed by atoms with van der Waals surface area (Å²) in [5.41, 5.74) is 0. The predicted octanol–water partition coefficient (Wildman–Crippen LogP) is 2.89. The highest BCUT2D eigenvalue weighted by Gasteiger charge is 2.58. The normalized spacial score (nSPS) is 36.2. The molecule has 5 heteroatoms. The van der Waals surface area contributed by atoms with E-state index in [0.29, 0.717) is 5.92 Å². The van der Waals surface area contributed by atoms with Gasteiger partial charge in [-0.2, -0.15) is 0 Å². The first-order valence-electron chi connectivity index (χ1n) is 8.21. The highest BCUT2D eigenvalue weighted by molar-refractivity contribution is 14.1. The van der Waals surface area contributed by atoms with Crippen LogP contribution in [-0.4, -0.2) is 46.8 Å². The van der Waals surface area contributed by atoms with Crippen LogP contribution in [0.2, 0.25) is 0 Å². The molecule has 21 heavy (non-hydrogen) atoms. The van der Waals surface area contributed by atoms with Crippen LogP contribution in [0.5, 0.6) is 0 Å². The van der Waals surface area contributed by atoms with E-state index in [0.717, 1.165) is 53.9 Å². The van der Waals surface area contributed by atoms with Gasteiger partial charge in [0.25, 0.3) is 0 Å². The highest BCUT2D eigenvalue weighted by Crippen LogP contribution is 2.62. The van der Waals surface area contributed by atoms with Crippen molar-refractivity contribution in [2.75, 3.05) is 26.3 Å². The average molecular weight is 401 g/mol. The Morgan fingerprint density at radius 1 is 1.24 bits per heavy atom. The minimum Gasteiger partial charge on any atom is -0.379 e. The first-order valence-corrected chi connectivity index (χ1v) is 9.29. The summed E-state index contributed by atoms with van der Waals surface area (Å²) in [6.07, 6.45) is 5.02. The van der Waals surface area contributed by atoms with E-state index in [1.807, 2.05) is 0 Å². The lowest BCUT2D eigenvalue weighted by atomic mass is 10.1. The zero-order chi connectivity index (χ0) is 14.6. The van der Waals surface area contributed by atoms with Crippen LogP contribution in [-0.2, 0) is 4.74 Å². The van der Waals surface area contributed by atoms with Gasteiger partial charge in [-0.25, -0.2) is 4.98 Å². The number of hydrogen-bond donors (Lipinski definition) is 0. The Hall–Kier alpha value is -0.140. The molecule has 4 nitrogen and oxygen atoms in total. The van der Waals surface area contributed by atoms with Gasteiger partial charge in [-0.15, -0.1) is 0 Å². The lowest BCUT2D eigenvalue weighted by Crippen LogP contribution is -2.43. The molecular weight excluding hydrogens is 377 g/mol. The quantitative estimate of drug-likeness (QED) is 0.730. The van der Waals surface area contributed by atoms with Crippen LogP contribution in [0, 0.1) is 15.5 Å². The third kappa shape index (κ3) is 2.55. The van der Waals surface area contributed by atoms with Crippen molar-refractivity contribution in [3.05, 3.63) is 15.7 Å². The van der Waals surface area contributed by atoms with Gasteiger partial charge in [0.15, 0.2) is 0 Å². The monoisotopic (exact) mass is 401 g/mol. The zero-order valence-corrected chi connectivity index (χ0v) is 15.0. The zero-order valence-electron chi connectivity index (χ0n) is 12.8. The number of hydrogen-bond acceptors (Lipinski definition) is 3. The first kappa shape index (κ1) is 14.5. The van der Waals surface area contributed by atoms with Crippen LogP contribution in [0.1, 0.15) is 44.5 Å². The summed E-state index contributed by atoms with van der Waals surface area (Å²) < 4.78 is 9.12. The minimum absolute atomic E-state index is 0.518. The Balaban J connectivity index is 1.44. The summed E-state index contributed by atoms with van der Waals surface area (Å²) in [5, 5.41) is 0. The second-order valence-electron chi connectivity index (χ2n) is 7.08. The van der Waals surface area contributed by atoms with Gasteiger partial charge in [-0.3, -0.25) is 4.90 Å². The van der Waals surface area contributed by atoms with E-state index in [1.54, 1.807) is 0 Å². The molecule has 1 saturated heterocycles. The van der Waals surface area contributed by atoms with Crippen molar-refractivity contribution in [3.63, 3.8) is 0 Å². The van der Waals surface area contributed by atoms with Crippen molar-refractivity contribution in [2.45, 2.75) is 44.7 Å². The van der Waals surface area contributed by atoms with Crippen molar-refractivity contribution >= 4 is 22.6 Å². The molecule has 0 amide bonds. The summed E-state index contributed by atoms with van der Waals surface area (Å²) in [6.45, 7) is 8.62. The van der Waals surface area contributed by atoms with E-state index in [4.69, 9.17) is 9.72 Å². The third-order valence-corrected chi connectivity index (χ3v) is 6.03. The fraction of sp³-hybridized carbons (Fsp3) is 0.812. The molecule has 1 aliphatic heterocycles. The molecule has 1 aromatic heterocycles. The maximum absolute atomic E-state index is 5.48. The molecule has 2 saturated carbocycles. The molecule has 2 heterocycles. The summed E-state index contributed by atoms with van der Waals surface area (Å²) in [7, 11) is 0. The Kier molecular flexibility index (Phi) is 3.78. The minimum atomic E-state index is 0.518. The van der Waals surface area contributed by atoms with Gasteiger partial charge in [0.2, 0.25) is 0 Å². The van der Waals surface area contributed by atoms with E-state index in [2.05, 4.69) is 52.1 Å². The number of rotatable bonds is 3. The molecule has 0 N–H and O–H groups in total. The van der Waals surface area contributed by atoms with Gasteiger partial charge in [-0.05, 0) is 47.3 Å². The summed E-state index contributed by atoms with van der Waals surface area (Å²) in [5.74, 6) is 3.58. The van der Waals surface area contributed by atoms with Crippen LogP contribution in [0.15, 0.2) is 6.20 Å². The van der Waals surface area contributed by atoms with Gasteiger partial charge < -0.3 is 9.30 Å². The topological polar surface area (TPSA) is 30.3 Å². The molecule has 4 rings (SSSR count). The fourth-order valence-corrected chi connectivity index (χ4v) is 5.02. The predicted molar refractivity (Wildman–Crippen MR) is 90.5 cm³/mol. The maximum Gasteiger partial charge on any atom is 0.119 e. The molecule has 1 unspecified atom stereocenters. The fourth-order valence-electron chi connectivity index (χ4n) is 4.47. The second kappa shape index (κ2) is 5.49. The number of imidazole rings is 1. The maximum atomic E-state index is 5.48. The summed E-state index contributed by atoms with van der Waals surface area (Å²) >= 11 is 2.35. The largest absolute Gasteiger partial charge is 0.379 e. The molecule has 0 radical (unpaired) electrons. The van der Waals surface area contributed by atoms with Crippen molar-refractivity contribution < 1.29 is 4.74 Å². The van der Waals surface area contributed by atoms with Crippen LogP contribution in [0.3, 0.4) is 0 Å². The molecule has 3 aliphatic rings. The van der Waals surface area contributed by atoms with E-state index in [-0.39, 0.29) is 0 Å². The first-order chi connectivity index (χ1) is 10.1. The molecule has 3 fully saturated rings. The molecule has 0 aromatic carbocycles. The van der Waals surface area contributed by atoms with Crippen LogP contribution in [0.25, 0.3) is 0 Å². The molecular formula is C16H24IN3O. The van der Waals surface area contributed by atoms with Gasteiger partial charge in [0.05, 0.1) is 13.2 Å². The lowest BCUT2D eigenvalue weighted by Gasteiger charge is -2.33. The third-order valence-electron chi connectivity index (χ3n) is 5.51. The molecule has 0 bridgehead atoms. The number of aromatic nitrogens is 2. The lowest BCUT2D eigenvalue weighted by molar-refractivity contribution is 0.0146. The highest BCUT2D eigenvalue weighted by atomic mass is 127. The SMILES string of the molecule is CC(C)c1nc(I)cn1[C@@H]1[C@@H]2CC(N3CCOCC3)C[C@@H]21. The Morgan fingerprint density at radius 2 is 1.90 bits per heavy atom.